The molecule has 2 aromatic heterocycles. The molecule has 8 nitrogen and oxygen atoms in total. The Morgan fingerprint density at radius 3 is 2.71 bits per heavy atom. The first-order chi connectivity index (χ1) is 20.2. The average Bonchev–Trinajstić information content (AvgIpc) is 3.56. The number of pyridine rings is 1. The molecule has 4 aromatic rings. The van der Waals surface area contributed by atoms with E-state index in [1.54, 1.807) is 18.9 Å². The monoisotopic (exact) mass is 611 g/mol. The molecule has 0 fully saturated rings. The van der Waals surface area contributed by atoms with Crippen LogP contribution >= 0.6 is 23.4 Å². The average molecular weight is 612 g/mol. The van der Waals surface area contributed by atoms with Crippen molar-refractivity contribution >= 4 is 34.3 Å². The van der Waals surface area contributed by atoms with E-state index in [1.165, 1.54) is 0 Å². The van der Waals surface area contributed by atoms with Crippen LogP contribution in [0.5, 0.6) is 0 Å². The number of likely N-dealkylation sites (N-methyl/N-ethyl adjacent to an activating group) is 1. The zero-order valence-corrected chi connectivity index (χ0v) is 25.8. The SMILES string of the molecule is COC(NCc1ccc(Cl)cc1)c1cn(CCCO)c2c(c1=O)CC(C)(CN(C)CC(O)c1cc3ccccc3o1)S2. The van der Waals surface area contributed by atoms with E-state index in [2.05, 4.69) is 21.7 Å². The van der Waals surface area contributed by atoms with E-state index in [4.69, 9.17) is 20.8 Å². The summed E-state index contributed by atoms with van der Waals surface area (Å²) in [5.74, 6) is 0.542. The van der Waals surface area contributed by atoms with Crippen molar-refractivity contribution in [3.8, 4) is 0 Å². The summed E-state index contributed by atoms with van der Waals surface area (Å²) in [6.07, 6.45) is 1.65. The first kappa shape index (κ1) is 30.8. The van der Waals surface area contributed by atoms with Gasteiger partial charge >= 0.3 is 0 Å². The molecule has 0 aliphatic carbocycles. The molecule has 42 heavy (non-hydrogen) atoms. The number of aliphatic hydroxyl groups is 2. The van der Waals surface area contributed by atoms with Gasteiger partial charge in [-0.25, -0.2) is 0 Å². The van der Waals surface area contributed by atoms with Gasteiger partial charge in [-0.2, -0.15) is 0 Å². The third-order valence-corrected chi connectivity index (χ3v) is 9.28. The quantitative estimate of drug-likeness (QED) is 0.179. The minimum atomic E-state index is -0.773. The number of hydrogen-bond donors (Lipinski definition) is 3. The number of ether oxygens (including phenoxy) is 1. The van der Waals surface area contributed by atoms with Crippen molar-refractivity contribution in [2.45, 2.75) is 55.0 Å². The van der Waals surface area contributed by atoms with E-state index in [0.29, 0.717) is 55.4 Å². The summed E-state index contributed by atoms with van der Waals surface area (Å²) in [6, 6.07) is 17.2. The summed E-state index contributed by atoms with van der Waals surface area (Å²) in [6.45, 7) is 4.36. The van der Waals surface area contributed by atoms with Gasteiger partial charge in [0.1, 0.15) is 23.7 Å². The van der Waals surface area contributed by atoms with E-state index < -0.39 is 12.3 Å². The number of aliphatic hydroxyl groups excluding tert-OH is 2. The van der Waals surface area contributed by atoms with Crippen molar-refractivity contribution < 1.29 is 19.4 Å². The minimum Gasteiger partial charge on any atom is -0.458 e. The van der Waals surface area contributed by atoms with Crippen LogP contribution in [0.3, 0.4) is 0 Å². The van der Waals surface area contributed by atoms with Gasteiger partial charge in [-0.1, -0.05) is 53.7 Å². The summed E-state index contributed by atoms with van der Waals surface area (Å²) in [4.78, 5) is 16.0. The highest BCUT2D eigenvalue weighted by Gasteiger charge is 2.39. The number of rotatable bonds is 13. The zero-order valence-electron chi connectivity index (χ0n) is 24.2. The van der Waals surface area contributed by atoms with Crippen molar-refractivity contribution in [2.24, 2.45) is 0 Å². The molecule has 5 rings (SSSR count). The van der Waals surface area contributed by atoms with E-state index in [9.17, 15) is 15.0 Å². The molecule has 0 bridgehead atoms. The Bertz CT molecular complexity index is 1540. The van der Waals surface area contributed by atoms with E-state index in [0.717, 1.165) is 27.1 Å². The van der Waals surface area contributed by atoms with Crippen LogP contribution in [0.15, 0.2) is 75.0 Å². The number of thioether (sulfide) groups is 1. The zero-order chi connectivity index (χ0) is 29.9. The van der Waals surface area contributed by atoms with Gasteiger partial charge in [0.2, 0.25) is 0 Å². The molecule has 3 heterocycles. The van der Waals surface area contributed by atoms with Gasteiger partial charge in [-0.05, 0) is 56.6 Å². The molecule has 0 spiro atoms. The number of methoxy groups -OCH3 is 1. The van der Waals surface area contributed by atoms with Crippen LogP contribution in [0.1, 0.15) is 48.1 Å². The number of nitrogens with zero attached hydrogens (tertiary/aromatic N) is 2. The van der Waals surface area contributed by atoms with E-state index >= 15 is 0 Å². The van der Waals surface area contributed by atoms with Crippen LogP contribution in [0.2, 0.25) is 5.02 Å². The van der Waals surface area contributed by atoms with Crippen LogP contribution in [0, 0.1) is 0 Å². The molecule has 3 unspecified atom stereocenters. The predicted molar refractivity (Wildman–Crippen MR) is 167 cm³/mol. The topological polar surface area (TPSA) is 100 Å². The largest absolute Gasteiger partial charge is 0.458 e. The normalized spacial score (nSPS) is 18.1. The molecule has 0 saturated carbocycles. The second kappa shape index (κ2) is 13.3. The number of hydrogen-bond acceptors (Lipinski definition) is 8. The molecule has 224 valence electrons. The molecule has 0 radical (unpaired) electrons. The van der Waals surface area contributed by atoms with Gasteiger partial charge in [0.15, 0.2) is 5.43 Å². The number of aromatic nitrogens is 1. The van der Waals surface area contributed by atoms with Crippen molar-refractivity contribution in [1.82, 2.24) is 14.8 Å². The van der Waals surface area contributed by atoms with Gasteiger partial charge in [0, 0.05) is 66.8 Å². The molecular formula is C32H38ClN3O5S. The maximum atomic E-state index is 13.9. The fraction of sp³-hybridized carbons (Fsp3) is 0.406. The van der Waals surface area contributed by atoms with Crippen molar-refractivity contribution in [3.05, 3.63) is 98.5 Å². The first-order valence-electron chi connectivity index (χ1n) is 14.1. The number of benzene rings is 2. The second-order valence-electron chi connectivity index (χ2n) is 11.2. The molecule has 3 N–H and O–H groups in total. The summed E-state index contributed by atoms with van der Waals surface area (Å²) >= 11 is 7.71. The van der Waals surface area contributed by atoms with Gasteiger partial charge in [0.25, 0.3) is 0 Å². The molecule has 2 aromatic carbocycles. The fourth-order valence-electron chi connectivity index (χ4n) is 5.65. The summed E-state index contributed by atoms with van der Waals surface area (Å²) in [7, 11) is 3.57. The van der Waals surface area contributed by atoms with Crippen molar-refractivity contribution in [1.29, 1.82) is 0 Å². The third-order valence-electron chi connectivity index (χ3n) is 7.59. The Morgan fingerprint density at radius 1 is 1.24 bits per heavy atom. The number of para-hydroxylation sites is 1. The maximum absolute atomic E-state index is 13.9. The third kappa shape index (κ3) is 6.94. The number of halogens is 1. The molecule has 0 saturated heterocycles. The van der Waals surface area contributed by atoms with Crippen molar-refractivity contribution in [3.63, 3.8) is 0 Å². The van der Waals surface area contributed by atoms with E-state index in [1.807, 2.05) is 67.8 Å². The summed E-state index contributed by atoms with van der Waals surface area (Å²) in [5, 5.41) is 26.4. The second-order valence-corrected chi connectivity index (χ2v) is 13.2. The Hall–Kier alpha value is -2.63. The molecule has 1 aliphatic rings. The summed E-state index contributed by atoms with van der Waals surface area (Å²) in [5.41, 5.74) is 3.06. The standard InChI is InChI=1S/C32H38ClN3O5S/c1-32(20-35(2)19-26(38)28-15-22-7-4-5-8-27(22)41-28)16-24-29(39)25(18-36(13-6-14-37)31(24)42-32)30(40-3)34-17-21-9-11-23(33)12-10-21/h4-5,7-12,15,18,26,30,34,37-38H,6,13-14,16-17,19-20H2,1-3H3. The van der Waals surface area contributed by atoms with Gasteiger partial charge in [-0.3, -0.25) is 10.1 Å². The van der Waals surface area contributed by atoms with Gasteiger partial charge in [-0.15, -0.1) is 0 Å². The lowest BCUT2D eigenvalue weighted by atomic mass is 9.99. The maximum Gasteiger partial charge on any atom is 0.193 e. The fourth-order valence-corrected chi connectivity index (χ4v) is 7.30. The minimum absolute atomic E-state index is 0.0260. The van der Waals surface area contributed by atoms with Gasteiger partial charge < -0.3 is 28.8 Å². The van der Waals surface area contributed by atoms with Crippen LogP contribution < -0.4 is 10.7 Å². The van der Waals surface area contributed by atoms with Gasteiger partial charge in [0.05, 0.1) is 10.6 Å². The first-order valence-corrected chi connectivity index (χ1v) is 15.3. The predicted octanol–water partition coefficient (Wildman–Crippen LogP) is 5.14. The molecule has 1 aliphatic heterocycles. The van der Waals surface area contributed by atoms with Crippen LogP contribution in [0.4, 0.5) is 0 Å². The Kier molecular flexibility index (Phi) is 9.79. The van der Waals surface area contributed by atoms with Crippen LogP contribution in [-0.2, 0) is 24.2 Å². The smallest absolute Gasteiger partial charge is 0.193 e. The summed E-state index contributed by atoms with van der Waals surface area (Å²) < 4.78 is 13.4. The number of fused-ring (bicyclic) bond motifs is 2. The molecule has 3 atom stereocenters. The highest BCUT2D eigenvalue weighted by Crippen LogP contribution is 2.45. The molecule has 10 heteroatoms. The highest BCUT2D eigenvalue weighted by molar-refractivity contribution is 8.01. The lowest BCUT2D eigenvalue weighted by molar-refractivity contribution is 0.0704. The lowest BCUT2D eigenvalue weighted by Crippen LogP contribution is -2.38. The molecular weight excluding hydrogens is 574 g/mol. The van der Waals surface area contributed by atoms with Crippen LogP contribution in [-0.4, -0.2) is 58.3 Å². The molecule has 0 amide bonds. The Labute approximate surface area is 255 Å². The van der Waals surface area contributed by atoms with E-state index in [-0.39, 0.29) is 16.8 Å². The lowest BCUT2D eigenvalue weighted by Gasteiger charge is -2.30. The Morgan fingerprint density at radius 2 is 2.00 bits per heavy atom. The van der Waals surface area contributed by atoms with Crippen molar-refractivity contribution in [2.75, 3.05) is 33.9 Å². The van der Waals surface area contributed by atoms with Crippen LogP contribution in [0.25, 0.3) is 11.0 Å². The number of nitrogens with one attached hydrogen (secondary N) is 1. The number of aryl methyl sites for hydroxylation is 1. The Balaban J connectivity index is 1.33. The highest BCUT2D eigenvalue weighted by atomic mass is 35.5. The number of furan rings is 1.